The predicted octanol–water partition coefficient (Wildman–Crippen LogP) is 2.98. The molecule has 1 rings (SSSR count). The molecule has 0 unspecified atom stereocenters. The average Bonchev–Trinajstić information content (AvgIpc) is 2.29. The molecule has 0 saturated heterocycles. The van der Waals surface area contributed by atoms with Gasteiger partial charge < -0.3 is 5.32 Å². The van der Waals surface area contributed by atoms with Gasteiger partial charge in [-0.1, -0.05) is 15.9 Å². The molecule has 0 heterocycles. The molecule has 18 heavy (non-hydrogen) atoms. The van der Waals surface area contributed by atoms with E-state index in [-0.39, 0.29) is 16.5 Å². The fourth-order valence-corrected chi connectivity index (χ4v) is 2.58. The standard InChI is InChI=1S/C11H13BrN2O3S/c1-8(15)13-5-2-6-18-11-4-3-9(12)7-10(11)14(16)17/h3-4,7H,2,5-6H2,1H3,(H,13,15). The van der Waals surface area contributed by atoms with Crippen LogP contribution in [0.25, 0.3) is 0 Å². The summed E-state index contributed by atoms with van der Waals surface area (Å²) in [6.45, 7) is 2.05. The van der Waals surface area contributed by atoms with Crippen LogP contribution in [0, 0.1) is 10.1 Å². The monoisotopic (exact) mass is 332 g/mol. The summed E-state index contributed by atoms with van der Waals surface area (Å²) in [5.41, 5.74) is 0.105. The minimum Gasteiger partial charge on any atom is -0.356 e. The third kappa shape index (κ3) is 5.05. The number of thioether (sulfide) groups is 1. The zero-order valence-corrected chi connectivity index (χ0v) is 12.2. The second-order valence-electron chi connectivity index (χ2n) is 3.55. The van der Waals surface area contributed by atoms with E-state index in [9.17, 15) is 14.9 Å². The minimum atomic E-state index is -0.388. The van der Waals surface area contributed by atoms with E-state index < -0.39 is 0 Å². The van der Waals surface area contributed by atoms with Crippen LogP contribution in [0.1, 0.15) is 13.3 Å². The Morgan fingerprint density at radius 1 is 1.56 bits per heavy atom. The largest absolute Gasteiger partial charge is 0.356 e. The van der Waals surface area contributed by atoms with Gasteiger partial charge in [-0.2, -0.15) is 0 Å². The van der Waals surface area contributed by atoms with E-state index in [1.165, 1.54) is 24.8 Å². The molecule has 1 aromatic carbocycles. The van der Waals surface area contributed by atoms with Gasteiger partial charge in [0.15, 0.2) is 0 Å². The Bertz CT molecular complexity index is 454. The Morgan fingerprint density at radius 2 is 2.28 bits per heavy atom. The van der Waals surface area contributed by atoms with Crippen molar-refractivity contribution in [1.82, 2.24) is 5.32 Å². The van der Waals surface area contributed by atoms with Crippen molar-refractivity contribution in [3.63, 3.8) is 0 Å². The maximum atomic E-state index is 10.9. The number of carbonyl (C=O) groups is 1. The van der Waals surface area contributed by atoms with Gasteiger partial charge in [-0.15, -0.1) is 11.8 Å². The van der Waals surface area contributed by atoms with Crippen LogP contribution in [0.2, 0.25) is 0 Å². The van der Waals surface area contributed by atoms with Gasteiger partial charge in [0.1, 0.15) is 0 Å². The third-order valence-corrected chi connectivity index (χ3v) is 3.71. The highest BCUT2D eigenvalue weighted by Crippen LogP contribution is 2.31. The number of halogens is 1. The summed E-state index contributed by atoms with van der Waals surface area (Å²) in [5, 5.41) is 13.6. The number of nitro benzene ring substituents is 1. The lowest BCUT2D eigenvalue weighted by Gasteiger charge is -2.04. The number of hydrogen-bond acceptors (Lipinski definition) is 4. The van der Waals surface area contributed by atoms with E-state index in [1.807, 2.05) is 0 Å². The van der Waals surface area contributed by atoms with Crippen molar-refractivity contribution in [1.29, 1.82) is 0 Å². The van der Waals surface area contributed by atoms with Gasteiger partial charge in [-0.3, -0.25) is 14.9 Å². The molecule has 1 aromatic rings. The van der Waals surface area contributed by atoms with Crippen molar-refractivity contribution in [2.24, 2.45) is 0 Å². The summed E-state index contributed by atoms with van der Waals surface area (Å²) >= 11 is 4.63. The molecular weight excluding hydrogens is 320 g/mol. The van der Waals surface area contributed by atoms with Crippen LogP contribution in [0.3, 0.4) is 0 Å². The highest BCUT2D eigenvalue weighted by molar-refractivity contribution is 9.10. The number of hydrogen-bond donors (Lipinski definition) is 1. The van der Waals surface area contributed by atoms with Gasteiger partial charge >= 0.3 is 0 Å². The Hall–Kier alpha value is -1.08. The van der Waals surface area contributed by atoms with Crippen molar-refractivity contribution >= 4 is 39.3 Å². The number of nitro groups is 1. The molecule has 0 spiro atoms. The highest BCUT2D eigenvalue weighted by Gasteiger charge is 2.14. The highest BCUT2D eigenvalue weighted by atomic mass is 79.9. The van der Waals surface area contributed by atoms with E-state index >= 15 is 0 Å². The summed E-state index contributed by atoms with van der Waals surface area (Å²) in [4.78, 5) is 21.8. The molecule has 5 nitrogen and oxygen atoms in total. The molecule has 7 heteroatoms. The van der Waals surface area contributed by atoms with Gasteiger partial charge in [0.25, 0.3) is 5.69 Å². The molecule has 0 aromatic heterocycles. The SMILES string of the molecule is CC(=O)NCCCSc1ccc(Br)cc1[N+](=O)[O-]. The van der Waals surface area contributed by atoms with Crippen molar-refractivity contribution in [2.75, 3.05) is 12.3 Å². The van der Waals surface area contributed by atoms with Crippen molar-refractivity contribution in [3.05, 3.63) is 32.8 Å². The molecule has 0 aliphatic carbocycles. The van der Waals surface area contributed by atoms with Gasteiger partial charge in [-0.25, -0.2) is 0 Å². The quantitative estimate of drug-likeness (QED) is 0.376. The first-order valence-corrected chi connectivity index (χ1v) is 7.09. The predicted molar refractivity (Wildman–Crippen MR) is 74.8 cm³/mol. The van der Waals surface area contributed by atoms with E-state index in [2.05, 4.69) is 21.2 Å². The van der Waals surface area contributed by atoms with Crippen LogP contribution >= 0.6 is 27.7 Å². The zero-order valence-electron chi connectivity index (χ0n) is 9.81. The van der Waals surface area contributed by atoms with Crippen molar-refractivity contribution in [3.8, 4) is 0 Å². The van der Waals surface area contributed by atoms with E-state index in [1.54, 1.807) is 12.1 Å². The number of carbonyl (C=O) groups excluding carboxylic acids is 1. The Labute approximate surface area is 118 Å². The number of nitrogens with zero attached hydrogens (tertiary/aromatic N) is 1. The molecule has 0 aliphatic rings. The first-order chi connectivity index (χ1) is 8.50. The van der Waals surface area contributed by atoms with Crippen LogP contribution in [0.5, 0.6) is 0 Å². The fraction of sp³-hybridized carbons (Fsp3) is 0.364. The summed E-state index contributed by atoms with van der Waals surface area (Å²) in [7, 11) is 0. The number of nitrogens with one attached hydrogen (secondary N) is 1. The number of amides is 1. The maximum absolute atomic E-state index is 10.9. The smallest absolute Gasteiger partial charge is 0.283 e. The lowest BCUT2D eigenvalue weighted by atomic mass is 10.3. The van der Waals surface area contributed by atoms with Crippen LogP contribution in [-0.4, -0.2) is 23.1 Å². The molecule has 0 radical (unpaired) electrons. The first kappa shape index (κ1) is 15.0. The molecule has 98 valence electrons. The molecule has 1 amide bonds. The second-order valence-corrected chi connectivity index (χ2v) is 5.61. The Balaban J connectivity index is 2.51. The molecule has 0 saturated carbocycles. The molecule has 0 bridgehead atoms. The van der Waals surface area contributed by atoms with Crippen molar-refractivity contribution < 1.29 is 9.72 Å². The van der Waals surface area contributed by atoms with Crippen LogP contribution in [0.15, 0.2) is 27.6 Å². The summed E-state index contributed by atoms with van der Waals surface area (Å²) in [6.07, 6.45) is 0.775. The molecule has 0 fully saturated rings. The lowest BCUT2D eigenvalue weighted by molar-refractivity contribution is -0.387. The van der Waals surface area contributed by atoms with Gasteiger partial charge in [-0.05, 0) is 24.3 Å². The minimum absolute atomic E-state index is 0.0605. The normalized spacial score (nSPS) is 10.1. The number of rotatable bonds is 6. The molecule has 0 atom stereocenters. The van der Waals surface area contributed by atoms with Crippen LogP contribution < -0.4 is 5.32 Å². The second kappa shape index (κ2) is 7.38. The van der Waals surface area contributed by atoms with Gasteiger partial charge in [0.05, 0.1) is 9.82 Å². The van der Waals surface area contributed by atoms with Crippen molar-refractivity contribution in [2.45, 2.75) is 18.2 Å². The van der Waals surface area contributed by atoms with Gasteiger partial charge in [0, 0.05) is 24.0 Å². The average molecular weight is 333 g/mol. The van der Waals surface area contributed by atoms with E-state index in [0.29, 0.717) is 15.9 Å². The van der Waals surface area contributed by atoms with Crippen LogP contribution in [0.4, 0.5) is 5.69 Å². The summed E-state index contributed by atoms with van der Waals surface area (Å²) in [6, 6.07) is 5.00. The Kier molecular flexibility index (Phi) is 6.14. The summed E-state index contributed by atoms with van der Waals surface area (Å²) < 4.78 is 0.691. The Morgan fingerprint density at radius 3 is 2.89 bits per heavy atom. The number of benzene rings is 1. The van der Waals surface area contributed by atoms with Crippen LogP contribution in [-0.2, 0) is 4.79 Å². The summed E-state index contributed by atoms with van der Waals surface area (Å²) in [5.74, 6) is 0.664. The molecular formula is C11H13BrN2O3S. The topological polar surface area (TPSA) is 72.2 Å². The van der Waals surface area contributed by atoms with E-state index in [4.69, 9.17) is 0 Å². The first-order valence-electron chi connectivity index (χ1n) is 5.32. The zero-order chi connectivity index (χ0) is 13.5. The van der Waals surface area contributed by atoms with E-state index in [0.717, 1.165) is 12.2 Å². The maximum Gasteiger partial charge on any atom is 0.283 e. The molecule has 0 aliphatic heterocycles. The van der Waals surface area contributed by atoms with Gasteiger partial charge in [0.2, 0.25) is 5.91 Å². The molecule has 1 N–H and O–H groups in total. The fourth-order valence-electron chi connectivity index (χ4n) is 1.27. The lowest BCUT2D eigenvalue weighted by Crippen LogP contribution is -2.21. The third-order valence-electron chi connectivity index (χ3n) is 2.07.